The van der Waals surface area contributed by atoms with Crippen molar-refractivity contribution >= 4 is 11.8 Å². The van der Waals surface area contributed by atoms with Gasteiger partial charge >= 0.3 is 0 Å². The first-order valence-corrected chi connectivity index (χ1v) is 10.5. The molecule has 0 spiro atoms. The first-order valence-electron chi connectivity index (χ1n) is 9.47. The molecule has 3 rings (SSSR count). The van der Waals surface area contributed by atoms with Crippen LogP contribution in [-0.2, 0) is 18.7 Å². The third kappa shape index (κ3) is 5.21. The van der Waals surface area contributed by atoms with Crippen molar-refractivity contribution in [2.24, 2.45) is 5.92 Å². The predicted octanol–water partition coefficient (Wildman–Crippen LogP) is 5.58. The van der Waals surface area contributed by atoms with E-state index in [2.05, 4.69) is 52.5 Å². The minimum absolute atomic E-state index is 0.795. The smallest absolute Gasteiger partial charge is 0.191 e. The van der Waals surface area contributed by atoms with E-state index in [1.165, 1.54) is 49.7 Å². The second kappa shape index (κ2) is 9.23. The van der Waals surface area contributed by atoms with Crippen molar-refractivity contribution in [3.8, 4) is 0 Å². The Morgan fingerprint density at radius 3 is 2.84 bits per heavy atom. The lowest BCUT2D eigenvalue weighted by molar-refractivity contribution is 0.336. The normalized spacial score (nSPS) is 15.4. The molecule has 1 saturated carbocycles. The maximum atomic E-state index is 4.49. The van der Waals surface area contributed by atoms with Crippen LogP contribution in [0.5, 0.6) is 0 Å². The topological polar surface area (TPSA) is 30.7 Å². The molecule has 0 atom stereocenters. The summed E-state index contributed by atoms with van der Waals surface area (Å²) in [6.45, 7) is 6.84. The first-order chi connectivity index (χ1) is 12.3. The number of thioether (sulfide) groups is 1. The van der Waals surface area contributed by atoms with E-state index < -0.39 is 0 Å². The van der Waals surface area contributed by atoms with Crippen molar-refractivity contribution in [1.29, 1.82) is 0 Å². The van der Waals surface area contributed by atoms with Gasteiger partial charge in [0.25, 0.3) is 0 Å². The molecule has 0 N–H and O–H groups in total. The molecule has 1 aliphatic rings. The zero-order valence-electron chi connectivity index (χ0n) is 15.3. The van der Waals surface area contributed by atoms with Gasteiger partial charge in [0.2, 0.25) is 0 Å². The van der Waals surface area contributed by atoms with Crippen LogP contribution in [0.2, 0.25) is 0 Å². The fourth-order valence-electron chi connectivity index (χ4n) is 3.68. The van der Waals surface area contributed by atoms with Crippen LogP contribution in [0.4, 0.5) is 0 Å². The molecule has 1 aliphatic carbocycles. The molecule has 3 nitrogen and oxygen atoms in total. The molecule has 0 bridgehead atoms. The summed E-state index contributed by atoms with van der Waals surface area (Å²) in [6.07, 6.45) is 11.2. The Hall–Kier alpha value is -1.55. The highest BCUT2D eigenvalue weighted by atomic mass is 32.2. The van der Waals surface area contributed by atoms with Crippen LogP contribution in [0.25, 0.3) is 0 Å². The van der Waals surface area contributed by atoms with Crippen LogP contribution in [0.15, 0.2) is 42.1 Å². The van der Waals surface area contributed by atoms with Gasteiger partial charge in [-0.1, -0.05) is 79.8 Å². The molecule has 134 valence electrons. The Balaban J connectivity index is 1.62. The highest BCUT2D eigenvalue weighted by molar-refractivity contribution is 7.98. The van der Waals surface area contributed by atoms with Gasteiger partial charge in [-0.05, 0) is 24.8 Å². The van der Waals surface area contributed by atoms with Crippen LogP contribution in [0.3, 0.4) is 0 Å². The quantitative estimate of drug-likeness (QED) is 0.457. The van der Waals surface area contributed by atoms with Gasteiger partial charge in [-0.15, -0.1) is 16.8 Å². The van der Waals surface area contributed by atoms with Crippen molar-refractivity contribution in [2.45, 2.75) is 69.3 Å². The molecule has 0 saturated heterocycles. The standard InChI is InChI=1S/C21H29N3S/c1-3-14-24-20(13-12-18-9-5-4-6-10-18)22-23-21(24)25-16-19-11-7-8-17(2)15-19/h3,7-8,11,15,18H,1,4-6,9-10,12-14,16H2,2H3. The van der Waals surface area contributed by atoms with E-state index in [0.29, 0.717) is 0 Å². The van der Waals surface area contributed by atoms with Crippen LogP contribution < -0.4 is 0 Å². The lowest BCUT2D eigenvalue weighted by Crippen LogP contribution is -2.10. The molecule has 1 fully saturated rings. The van der Waals surface area contributed by atoms with E-state index in [9.17, 15) is 0 Å². The van der Waals surface area contributed by atoms with Gasteiger partial charge in [-0.3, -0.25) is 0 Å². The lowest BCUT2D eigenvalue weighted by Gasteiger charge is -2.21. The second-order valence-corrected chi connectivity index (χ2v) is 8.06. The lowest BCUT2D eigenvalue weighted by atomic mass is 9.86. The first kappa shape index (κ1) is 18.2. The van der Waals surface area contributed by atoms with E-state index in [1.807, 2.05) is 6.08 Å². The largest absolute Gasteiger partial charge is 0.302 e. The molecular weight excluding hydrogens is 326 g/mol. The Morgan fingerprint density at radius 2 is 2.08 bits per heavy atom. The van der Waals surface area contributed by atoms with Crippen molar-refractivity contribution in [1.82, 2.24) is 14.8 Å². The number of nitrogens with zero attached hydrogens (tertiary/aromatic N) is 3. The summed E-state index contributed by atoms with van der Waals surface area (Å²) in [4.78, 5) is 0. The Morgan fingerprint density at radius 1 is 1.24 bits per heavy atom. The number of benzene rings is 1. The molecule has 1 heterocycles. The van der Waals surface area contributed by atoms with Crippen LogP contribution in [0, 0.1) is 12.8 Å². The zero-order chi connectivity index (χ0) is 17.5. The molecule has 0 radical (unpaired) electrons. The number of aromatic nitrogens is 3. The molecule has 0 aliphatic heterocycles. The molecule has 4 heteroatoms. The number of aryl methyl sites for hydroxylation is 2. The Bertz CT molecular complexity index is 686. The number of hydrogen-bond donors (Lipinski definition) is 0. The molecule has 1 aromatic carbocycles. The van der Waals surface area contributed by atoms with Crippen LogP contribution in [-0.4, -0.2) is 14.8 Å². The minimum Gasteiger partial charge on any atom is -0.302 e. The van der Waals surface area contributed by atoms with E-state index in [4.69, 9.17) is 0 Å². The van der Waals surface area contributed by atoms with Gasteiger partial charge in [0.1, 0.15) is 5.82 Å². The fourth-order valence-corrected chi connectivity index (χ4v) is 4.59. The molecule has 1 aromatic heterocycles. The summed E-state index contributed by atoms with van der Waals surface area (Å²) in [6, 6.07) is 8.68. The van der Waals surface area contributed by atoms with E-state index in [0.717, 1.165) is 35.6 Å². The van der Waals surface area contributed by atoms with Gasteiger partial charge in [-0.25, -0.2) is 0 Å². The summed E-state index contributed by atoms with van der Waals surface area (Å²) in [5.41, 5.74) is 2.64. The predicted molar refractivity (Wildman–Crippen MR) is 106 cm³/mol. The number of rotatable bonds is 8. The third-order valence-corrected chi connectivity index (χ3v) is 6.09. The number of hydrogen-bond acceptors (Lipinski definition) is 3. The molecule has 0 unspecified atom stereocenters. The Labute approximate surface area is 155 Å². The van der Waals surface area contributed by atoms with E-state index >= 15 is 0 Å². The average molecular weight is 356 g/mol. The molecular formula is C21H29N3S. The maximum absolute atomic E-state index is 4.49. The van der Waals surface area contributed by atoms with Gasteiger partial charge in [0.05, 0.1) is 0 Å². The highest BCUT2D eigenvalue weighted by Crippen LogP contribution is 2.28. The number of allylic oxidation sites excluding steroid dienone is 1. The zero-order valence-corrected chi connectivity index (χ0v) is 16.1. The average Bonchev–Trinajstić information content (AvgIpc) is 3.01. The van der Waals surface area contributed by atoms with Crippen LogP contribution >= 0.6 is 11.8 Å². The molecule has 0 amide bonds. The summed E-state index contributed by atoms with van der Waals surface area (Å²) >= 11 is 1.77. The maximum Gasteiger partial charge on any atom is 0.191 e. The molecule has 25 heavy (non-hydrogen) atoms. The highest BCUT2D eigenvalue weighted by Gasteiger charge is 2.17. The van der Waals surface area contributed by atoms with Gasteiger partial charge in [0, 0.05) is 18.7 Å². The van der Waals surface area contributed by atoms with Crippen molar-refractivity contribution in [2.75, 3.05) is 0 Å². The van der Waals surface area contributed by atoms with E-state index in [-0.39, 0.29) is 0 Å². The Kier molecular flexibility index (Phi) is 6.74. The van der Waals surface area contributed by atoms with Gasteiger partial charge in [0.15, 0.2) is 5.16 Å². The second-order valence-electron chi connectivity index (χ2n) is 7.12. The van der Waals surface area contributed by atoms with Crippen molar-refractivity contribution < 1.29 is 0 Å². The van der Waals surface area contributed by atoms with Crippen LogP contribution in [0.1, 0.15) is 55.5 Å². The summed E-state index contributed by atoms with van der Waals surface area (Å²) in [5, 5.41) is 9.97. The molecule has 2 aromatic rings. The summed E-state index contributed by atoms with van der Waals surface area (Å²) < 4.78 is 2.25. The minimum atomic E-state index is 0.795. The van der Waals surface area contributed by atoms with Crippen molar-refractivity contribution in [3.63, 3.8) is 0 Å². The third-order valence-electron chi connectivity index (χ3n) is 5.06. The van der Waals surface area contributed by atoms with Gasteiger partial charge < -0.3 is 4.57 Å². The summed E-state index contributed by atoms with van der Waals surface area (Å²) in [5.74, 6) is 2.93. The summed E-state index contributed by atoms with van der Waals surface area (Å²) in [7, 11) is 0. The van der Waals surface area contributed by atoms with Crippen molar-refractivity contribution in [3.05, 3.63) is 53.9 Å². The monoisotopic (exact) mass is 355 g/mol. The fraction of sp³-hybridized carbons (Fsp3) is 0.524. The van der Waals surface area contributed by atoms with Gasteiger partial charge in [-0.2, -0.15) is 0 Å². The SMILES string of the molecule is C=CCn1c(CCC2CCCCC2)nnc1SCc1cccc(C)c1. The van der Waals surface area contributed by atoms with E-state index in [1.54, 1.807) is 11.8 Å².